The fourth-order valence-electron chi connectivity index (χ4n) is 2.81. The van der Waals surface area contributed by atoms with Gasteiger partial charge in [0.1, 0.15) is 11.5 Å². The molecule has 0 aliphatic carbocycles. The largest absolute Gasteiger partial charge is 0.508 e. The van der Waals surface area contributed by atoms with E-state index in [4.69, 9.17) is 4.74 Å². The summed E-state index contributed by atoms with van der Waals surface area (Å²) in [6.07, 6.45) is 1.60. The van der Waals surface area contributed by atoms with Crippen molar-refractivity contribution in [2.24, 2.45) is 0 Å². The van der Waals surface area contributed by atoms with Crippen LogP contribution in [0.5, 0.6) is 11.5 Å². The van der Waals surface area contributed by atoms with Crippen LogP contribution in [0.2, 0.25) is 0 Å². The summed E-state index contributed by atoms with van der Waals surface area (Å²) in [5, 5.41) is 9.67. The lowest BCUT2D eigenvalue weighted by Crippen LogP contribution is -2.47. The van der Waals surface area contributed by atoms with Gasteiger partial charge in [0, 0.05) is 19.0 Å². The Bertz CT molecular complexity index is 754. The molecular weight excluding hydrogens is 290 g/mol. The molecule has 4 nitrogen and oxygen atoms in total. The second kappa shape index (κ2) is 6.16. The van der Waals surface area contributed by atoms with Crippen LogP contribution in [0, 0.1) is 6.92 Å². The summed E-state index contributed by atoms with van der Waals surface area (Å²) >= 11 is 0. The van der Waals surface area contributed by atoms with Gasteiger partial charge in [-0.3, -0.25) is 4.79 Å². The number of benzene rings is 2. The lowest BCUT2D eigenvalue weighted by molar-refractivity contribution is -0.126. The minimum Gasteiger partial charge on any atom is -0.508 e. The second-order valence-electron chi connectivity index (χ2n) is 5.69. The van der Waals surface area contributed by atoms with E-state index in [1.54, 1.807) is 29.2 Å². The maximum Gasteiger partial charge on any atom is 0.268 e. The summed E-state index contributed by atoms with van der Waals surface area (Å²) in [5.41, 5.74) is 2.79. The fraction of sp³-hybridized carbons (Fsp3) is 0.211. The third kappa shape index (κ3) is 3.06. The van der Waals surface area contributed by atoms with Gasteiger partial charge in [0.05, 0.1) is 5.69 Å². The first-order valence-corrected chi connectivity index (χ1v) is 7.56. The van der Waals surface area contributed by atoms with Crippen LogP contribution in [-0.2, 0) is 11.2 Å². The van der Waals surface area contributed by atoms with Crippen LogP contribution in [0.15, 0.2) is 55.1 Å². The standard InChI is InChI=1S/C19H19NO3/c1-3-9-20-16-12-15(21)7-8-17(16)23-18(19(20)22)11-14-6-4-5-13(2)10-14/h3-8,10,12,18,21H,1,9,11H2,2H3. The van der Waals surface area contributed by atoms with Gasteiger partial charge in [-0.2, -0.15) is 0 Å². The Morgan fingerprint density at radius 1 is 1.30 bits per heavy atom. The molecule has 1 aliphatic heterocycles. The molecule has 4 heteroatoms. The van der Waals surface area contributed by atoms with E-state index in [0.29, 0.717) is 24.4 Å². The van der Waals surface area contributed by atoms with Crippen LogP contribution in [0.3, 0.4) is 0 Å². The molecule has 1 N–H and O–H groups in total. The number of carbonyl (C=O) groups is 1. The highest BCUT2D eigenvalue weighted by Gasteiger charge is 2.34. The number of hydrogen-bond donors (Lipinski definition) is 1. The van der Waals surface area contributed by atoms with Crippen LogP contribution >= 0.6 is 0 Å². The first-order chi connectivity index (χ1) is 11.1. The van der Waals surface area contributed by atoms with Crippen molar-refractivity contribution in [3.8, 4) is 11.5 Å². The Morgan fingerprint density at radius 2 is 2.13 bits per heavy atom. The maximum atomic E-state index is 12.8. The van der Waals surface area contributed by atoms with Gasteiger partial charge >= 0.3 is 0 Å². The summed E-state index contributed by atoms with van der Waals surface area (Å²) in [5.74, 6) is 0.581. The Kier molecular flexibility index (Phi) is 4.06. The number of rotatable bonds is 4. The van der Waals surface area contributed by atoms with E-state index in [2.05, 4.69) is 12.6 Å². The average Bonchev–Trinajstić information content (AvgIpc) is 2.52. The first kappa shape index (κ1) is 15.2. The average molecular weight is 309 g/mol. The van der Waals surface area contributed by atoms with Crippen LogP contribution in [0.4, 0.5) is 5.69 Å². The van der Waals surface area contributed by atoms with Gasteiger partial charge in [-0.25, -0.2) is 0 Å². The van der Waals surface area contributed by atoms with Crippen molar-refractivity contribution < 1.29 is 14.6 Å². The van der Waals surface area contributed by atoms with Crippen molar-refractivity contribution in [3.63, 3.8) is 0 Å². The topological polar surface area (TPSA) is 49.8 Å². The third-order valence-corrected chi connectivity index (χ3v) is 3.86. The van der Waals surface area contributed by atoms with Crippen LogP contribution in [0.1, 0.15) is 11.1 Å². The number of carbonyl (C=O) groups excluding carboxylic acids is 1. The van der Waals surface area contributed by atoms with E-state index < -0.39 is 6.10 Å². The number of ether oxygens (including phenoxy) is 1. The molecule has 0 saturated carbocycles. The van der Waals surface area contributed by atoms with E-state index in [1.165, 1.54) is 0 Å². The van der Waals surface area contributed by atoms with Gasteiger partial charge in [0.15, 0.2) is 6.10 Å². The normalized spacial score (nSPS) is 16.7. The Hall–Kier alpha value is -2.75. The number of anilines is 1. The molecule has 1 heterocycles. The molecule has 1 aliphatic rings. The van der Waals surface area contributed by atoms with E-state index in [0.717, 1.165) is 11.1 Å². The predicted octanol–water partition coefficient (Wildman–Crippen LogP) is 3.22. The second-order valence-corrected chi connectivity index (χ2v) is 5.69. The zero-order valence-corrected chi connectivity index (χ0v) is 13.0. The highest BCUT2D eigenvalue weighted by molar-refractivity contribution is 6.00. The molecular formula is C19H19NO3. The monoisotopic (exact) mass is 309 g/mol. The van der Waals surface area contributed by atoms with Crippen LogP contribution in [-0.4, -0.2) is 23.7 Å². The molecule has 2 aromatic rings. The molecule has 0 aromatic heterocycles. The molecule has 0 bridgehead atoms. The Labute approximate surface area is 135 Å². The zero-order chi connectivity index (χ0) is 16.4. The van der Waals surface area contributed by atoms with Crippen molar-refractivity contribution in [2.45, 2.75) is 19.4 Å². The minimum atomic E-state index is -0.575. The molecule has 118 valence electrons. The summed E-state index contributed by atoms with van der Waals surface area (Å²) < 4.78 is 5.88. The SMILES string of the molecule is C=CCN1C(=O)C(Cc2cccc(C)c2)Oc2ccc(O)cc21. The Balaban J connectivity index is 1.93. The molecule has 1 amide bonds. The maximum absolute atomic E-state index is 12.8. The number of phenols is 1. The summed E-state index contributed by atoms with van der Waals surface area (Å²) in [6.45, 7) is 6.11. The molecule has 3 rings (SSSR count). The third-order valence-electron chi connectivity index (χ3n) is 3.86. The first-order valence-electron chi connectivity index (χ1n) is 7.56. The fourth-order valence-corrected chi connectivity index (χ4v) is 2.81. The van der Waals surface area contributed by atoms with Gasteiger partial charge in [0.25, 0.3) is 5.91 Å². The van der Waals surface area contributed by atoms with Crippen molar-refractivity contribution in [3.05, 3.63) is 66.2 Å². The van der Waals surface area contributed by atoms with E-state index >= 15 is 0 Å². The van der Waals surface area contributed by atoms with E-state index in [9.17, 15) is 9.90 Å². The molecule has 0 spiro atoms. The highest BCUT2D eigenvalue weighted by atomic mass is 16.5. The number of fused-ring (bicyclic) bond motifs is 1. The number of hydrogen-bond acceptors (Lipinski definition) is 3. The van der Waals surface area contributed by atoms with Gasteiger partial charge in [-0.1, -0.05) is 35.9 Å². The molecule has 0 radical (unpaired) electrons. The van der Waals surface area contributed by atoms with Gasteiger partial charge in [-0.05, 0) is 24.6 Å². The predicted molar refractivity (Wildman–Crippen MR) is 90.0 cm³/mol. The van der Waals surface area contributed by atoms with Crippen molar-refractivity contribution in [1.82, 2.24) is 0 Å². The number of aryl methyl sites for hydroxylation is 1. The lowest BCUT2D eigenvalue weighted by atomic mass is 10.0. The minimum absolute atomic E-state index is 0.103. The molecule has 1 atom stereocenters. The van der Waals surface area contributed by atoms with Crippen LogP contribution < -0.4 is 9.64 Å². The number of aromatic hydroxyl groups is 1. The summed E-state index contributed by atoms with van der Waals surface area (Å²) in [4.78, 5) is 14.4. The summed E-state index contributed by atoms with van der Waals surface area (Å²) in [7, 11) is 0. The lowest BCUT2D eigenvalue weighted by Gasteiger charge is -2.34. The summed E-state index contributed by atoms with van der Waals surface area (Å²) in [6, 6.07) is 12.8. The molecule has 0 saturated heterocycles. The number of amides is 1. The zero-order valence-electron chi connectivity index (χ0n) is 13.0. The van der Waals surface area contributed by atoms with Crippen molar-refractivity contribution in [1.29, 1.82) is 0 Å². The van der Waals surface area contributed by atoms with Crippen molar-refractivity contribution in [2.75, 3.05) is 11.4 Å². The van der Waals surface area contributed by atoms with Gasteiger partial charge in [0.2, 0.25) is 0 Å². The molecule has 1 unspecified atom stereocenters. The highest BCUT2D eigenvalue weighted by Crippen LogP contribution is 2.37. The van der Waals surface area contributed by atoms with Crippen LogP contribution in [0.25, 0.3) is 0 Å². The number of phenolic OH excluding ortho intramolecular Hbond substituents is 1. The van der Waals surface area contributed by atoms with Crippen molar-refractivity contribution >= 4 is 11.6 Å². The molecule has 0 fully saturated rings. The molecule has 2 aromatic carbocycles. The van der Waals surface area contributed by atoms with E-state index in [1.807, 2.05) is 25.1 Å². The van der Waals surface area contributed by atoms with Gasteiger partial charge < -0.3 is 14.7 Å². The quantitative estimate of drug-likeness (QED) is 0.882. The number of nitrogens with zero attached hydrogens (tertiary/aromatic N) is 1. The smallest absolute Gasteiger partial charge is 0.268 e. The van der Waals surface area contributed by atoms with Gasteiger partial charge in [-0.15, -0.1) is 6.58 Å². The molecule has 23 heavy (non-hydrogen) atoms. The Morgan fingerprint density at radius 3 is 2.87 bits per heavy atom. The van der Waals surface area contributed by atoms with E-state index in [-0.39, 0.29) is 11.7 Å².